The van der Waals surface area contributed by atoms with E-state index in [2.05, 4.69) is 36.4 Å². The van der Waals surface area contributed by atoms with E-state index in [1.165, 1.54) is 12.1 Å². The summed E-state index contributed by atoms with van der Waals surface area (Å²) in [6.07, 6.45) is 0. The summed E-state index contributed by atoms with van der Waals surface area (Å²) in [7, 11) is 1.55. The minimum absolute atomic E-state index is 0.0203. The van der Waals surface area contributed by atoms with E-state index in [1.807, 2.05) is 18.2 Å². The van der Waals surface area contributed by atoms with Crippen molar-refractivity contribution in [1.29, 1.82) is 0 Å². The number of aromatic amines is 1. The van der Waals surface area contributed by atoms with Gasteiger partial charge in [0.1, 0.15) is 5.75 Å². The number of hydrogen-bond acceptors (Lipinski definition) is 5. The Bertz CT molecular complexity index is 932. The molecule has 3 rings (SSSR count). The third-order valence-electron chi connectivity index (χ3n) is 3.35. The number of anilines is 1. The van der Waals surface area contributed by atoms with Gasteiger partial charge in [-0.1, -0.05) is 28.1 Å². The number of halogens is 2. The lowest BCUT2D eigenvalue weighted by atomic mass is 10.2. The first-order chi connectivity index (χ1) is 12.6. The minimum atomic E-state index is -0.566. The number of carbonyl (C=O) groups excluding carboxylic acids is 1. The summed E-state index contributed by atoms with van der Waals surface area (Å²) >= 11 is 3.15. The molecule has 2 aromatic carbocycles. The average molecular weight is 421 g/mol. The van der Waals surface area contributed by atoms with Crippen molar-refractivity contribution in [2.75, 3.05) is 19.0 Å². The van der Waals surface area contributed by atoms with Gasteiger partial charge in [-0.25, -0.2) is 4.39 Å². The first-order valence-corrected chi connectivity index (χ1v) is 8.29. The summed E-state index contributed by atoms with van der Waals surface area (Å²) in [5.41, 5.74) is 0.705. The van der Waals surface area contributed by atoms with Gasteiger partial charge in [0.15, 0.2) is 24.0 Å². The maximum atomic E-state index is 13.7. The fraction of sp³-hybridized carbons (Fsp3) is 0.118. The first-order valence-electron chi connectivity index (χ1n) is 7.50. The monoisotopic (exact) mass is 420 g/mol. The van der Waals surface area contributed by atoms with E-state index in [4.69, 9.17) is 9.47 Å². The number of hydrogen-bond donors (Lipinski definition) is 2. The molecular formula is C17H14BrFN4O3. The number of ether oxygens (including phenoxy) is 2. The largest absolute Gasteiger partial charge is 0.496 e. The molecule has 0 aliphatic heterocycles. The van der Waals surface area contributed by atoms with Crippen molar-refractivity contribution in [3.8, 4) is 22.9 Å². The van der Waals surface area contributed by atoms with Crippen molar-refractivity contribution in [3.05, 3.63) is 52.8 Å². The Morgan fingerprint density at radius 1 is 1.27 bits per heavy atom. The van der Waals surface area contributed by atoms with Crippen molar-refractivity contribution >= 4 is 27.8 Å². The van der Waals surface area contributed by atoms with E-state index < -0.39 is 11.7 Å². The minimum Gasteiger partial charge on any atom is -0.496 e. The zero-order valence-corrected chi connectivity index (χ0v) is 15.2. The number of benzene rings is 2. The van der Waals surface area contributed by atoms with Crippen LogP contribution in [-0.4, -0.2) is 34.8 Å². The molecule has 9 heteroatoms. The number of methoxy groups -OCH3 is 1. The Kier molecular flexibility index (Phi) is 5.47. The van der Waals surface area contributed by atoms with Gasteiger partial charge < -0.3 is 9.47 Å². The van der Waals surface area contributed by atoms with E-state index in [0.29, 0.717) is 21.6 Å². The summed E-state index contributed by atoms with van der Waals surface area (Å²) in [6, 6.07) is 11.6. The Morgan fingerprint density at radius 3 is 2.85 bits per heavy atom. The molecule has 0 bridgehead atoms. The van der Waals surface area contributed by atoms with Crippen LogP contribution in [0.2, 0.25) is 0 Å². The van der Waals surface area contributed by atoms with Gasteiger partial charge in [0.05, 0.1) is 12.7 Å². The quantitative estimate of drug-likeness (QED) is 0.637. The summed E-state index contributed by atoms with van der Waals surface area (Å²) in [5.74, 6) is 0.0402. The second-order valence-corrected chi connectivity index (χ2v) is 6.04. The highest BCUT2D eigenvalue weighted by atomic mass is 79.9. The van der Waals surface area contributed by atoms with Crippen LogP contribution in [0.5, 0.6) is 11.5 Å². The van der Waals surface area contributed by atoms with Gasteiger partial charge in [0, 0.05) is 4.47 Å². The molecule has 0 aliphatic rings. The van der Waals surface area contributed by atoms with Crippen molar-refractivity contribution in [2.24, 2.45) is 0 Å². The van der Waals surface area contributed by atoms with Gasteiger partial charge in [0.2, 0.25) is 5.95 Å². The van der Waals surface area contributed by atoms with Crippen LogP contribution in [0, 0.1) is 5.82 Å². The van der Waals surface area contributed by atoms with Crippen molar-refractivity contribution in [3.63, 3.8) is 0 Å². The molecule has 1 heterocycles. The molecule has 0 fully saturated rings. The number of H-pyrrole nitrogens is 1. The molecule has 0 radical (unpaired) electrons. The maximum absolute atomic E-state index is 13.7. The standard InChI is InChI=1S/C17H14BrFN4O3/c1-25-13-5-3-2-4-11(13)16-21-17(23-22-16)20-15(24)9-26-14-7-6-10(18)8-12(14)19/h2-8H,9H2,1H3,(H2,20,21,22,23,24). The zero-order valence-electron chi connectivity index (χ0n) is 13.6. The Hall–Kier alpha value is -2.94. The van der Waals surface area contributed by atoms with Crippen LogP contribution in [0.3, 0.4) is 0 Å². The molecule has 0 atom stereocenters. The lowest BCUT2D eigenvalue weighted by Gasteiger charge is -2.06. The fourth-order valence-corrected chi connectivity index (χ4v) is 2.51. The smallest absolute Gasteiger partial charge is 0.264 e. The molecule has 1 aromatic heterocycles. The average Bonchev–Trinajstić information content (AvgIpc) is 3.09. The van der Waals surface area contributed by atoms with Crippen LogP contribution in [0.15, 0.2) is 46.9 Å². The second-order valence-electron chi connectivity index (χ2n) is 5.12. The summed E-state index contributed by atoms with van der Waals surface area (Å²) < 4.78 is 24.7. The summed E-state index contributed by atoms with van der Waals surface area (Å²) in [5, 5.41) is 9.14. The van der Waals surface area contributed by atoms with Crippen LogP contribution >= 0.6 is 15.9 Å². The fourth-order valence-electron chi connectivity index (χ4n) is 2.17. The maximum Gasteiger partial charge on any atom is 0.264 e. The molecule has 26 heavy (non-hydrogen) atoms. The lowest BCUT2D eigenvalue weighted by molar-refractivity contribution is -0.118. The Balaban J connectivity index is 1.62. The predicted octanol–water partition coefficient (Wildman–Crippen LogP) is 3.40. The Morgan fingerprint density at radius 2 is 2.08 bits per heavy atom. The third kappa shape index (κ3) is 4.17. The van der Waals surface area contributed by atoms with Crippen LogP contribution in [-0.2, 0) is 4.79 Å². The molecule has 2 N–H and O–H groups in total. The normalized spacial score (nSPS) is 10.4. The van der Waals surface area contributed by atoms with Crippen LogP contribution < -0.4 is 14.8 Å². The van der Waals surface area contributed by atoms with Gasteiger partial charge in [-0.3, -0.25) is 15.2 Å². The van der Waals surface area contributed by atoms with E-state index in [1.54, 1.807) is 19.2 Å². The highest BCUT2D eigenvalue weighted by Crippen LogP contribution is 2.27. The molecule has 0 spiro atoms. The number of aromatic nitrogens is 3. The van der Waals surface area contributed by atoms with E-state index in [9.17, 15) is 9.18 Å². The second kappa shape index (κ2) is 7.96. The molecule has 134 valence electrons. The molecule has 3 aromatic rings. The molecule has 7 nitrogen and oxygen atoms in total. The van der Waals surface area contributed by atoms with Gasteiger partial charge in [-0.05, 0) is 30.3 Å². The number of amides is 1. The van der Waals surface area contributed by atoms with E-state index in [-0.39, 0.29) is 18.3 Å². The van der Waals surface area contributed by atoms with Crippen molar-refractivity contribution in [1.82, 2.24) is 15.2 Å². The molecule has 0 saturated carbocycles. The van der Waals surface area contributed by atoms with Gasteiger partial charge in [0.25, 0.3) is 5.91 Å². The van der Waals surface area contributed by atoms with Crippen LogP contribution in [0.25, 0.3) is 11.4 Å². The number of carbonyl (C=O) groups is 1. The molecule has 0 unspecified atom stereocenters. The number of para-hydroxylation sites is 1. The zero-order chi connectivity index (χ0) is 18.5. The molecule has 1 amide bonds. The number of nitrogens with zero attached hydrogens (tertiary/aromatic N) is 2. The molecular weight excluding hydrogens is 407 g/mol. The van der Waals surface area contributed by atoms with Crippen LogP contribution in [0.1, 0.15) is 0 Å². The number of nitrogens with one attached hydrogen (secondary N) is 2. The number of rotatable bonds is 6. The molecule has 0 aliphatic carbocycles. The van der Waals surface area contributed by atoms with Gasteiger partial charge in [-0.15, -0.1) is 5.10 Å². The third-order valence-corrected chi connectivity index (χ3v) is 3.84. The highest BCUT2D eigenvalue weighted by molar-refractivity contribution is 9.10. The van der Waals surface area contributed by atoms with E-state index in [0.717, 1.165) is 0 Å². The van der Waals surface area contributed by atoms with Crippen molar-refractivity contribution < 1.29 is 18.7 Å². The van der Waals surface area contributed by atoms with Gasteiger partial charge >= 0.3 is 0 Å². The first kappa shape index (κ1) is 17.9. The Labute approximate surface area is 156 Å². The lowest BCUT2D eigenvalue weighted by Crippen LogP contribution is -2.21. The highest BCUT2D eigenvalue weighted by Gasteiger charge is 2.13. The van der Waals surface area contributed by atoms with Crippen molar-refractivity contribution in [2.45, 2.75) is 0 Å². The van der Waals surface area contributed by atoms with Crippen LogP contribution in [0.4, 0.5) is 10.3 Å². The summed E-state index contributed by atoms with van der Waals surface area (Å²) in [4.78, 5) is 16.1. The SMILES string of the molecule is COc1ccccc1-c1nc(NC(=O)COc2ccc(Br)cc2F)n[nH]1. The topological polar surface area (TPSA) is 89.1 Å². The predicted molar refractivity (Wildman–Crippen MR) is 96.6 cm³/mol. The summed E-state index contributed by atoms with van der Waals surface area (Å²) in [6.45, 7) is -0.378. The molecule has 0 saturated heterocycles. The van der Waals surface area contributed by atoms with E-state index >= 15 is 0 Å². The van der Waals surface area contributed by atoms with Gasteiger partial charge in [-0.2, -0.15) is 4.98 Å².